The topological polar surface area (TPSA) is 43.9 Å². The molecule has 0 bridgehead atoms. The van der Waals surface area contributed by atoms with Gasteiger partial charge < -0.3 is 14.7 Å². The first kappa shape index (κ1) is 29.6. The van der Waals surface area contributed by atoms with Crippen LogP contribution < -0.4 is 0 Å². The number of nitrogens with zero attached hydrogens (tertiary/aromatic N) is 3. The molecule has 2 unspecified atom stereocenters. The highest BCUT2D eigenvalue weighted by Crippen LogP contribution is 2.43. The molecule has 2 aromatic carbocycles. The monoisotopic (exact) mass is 627 g/mol. The molecule has 1 saturated carbocycles. The van der Waals surface area contributed by atoms with Crippen molar-refractivity contribution in [1.29, 1.82) is 0 Å². The van der Waals surface area contributed by atoms with Gasteiger partial charge in [0.25, 0.3) is 0 Å². The van der Waals surface area contributed by atoms with E-state index in [1.807, 2.05) is 0 Å². The Hall–Kier alpha value is -1.89. The molecular weight excluding hydrogens is 586 g/mol. The van der Waals surface area contributed by atoms with Gasteiger partial charge in [-0.05, 0) is 74.4 Å². The second kappa shape index (κ2) is 13.0. The smallest absolute Gasteiger partial charge is 0.229 e. The van der Waals surface area contributed by atoms with Gasteiger partial charge in [0.2, 0.25) is 11.8 Å². The summed E-state index contributed by atoms with van der Waals surface area (Å²) < 4.78 is 1.07. The molecule has 2 atom stereocenters. The number of likely N-dealkylation sites (tertiary alicyclic amines) is 3. The fraction of sp³-hybridized carbons (Fsp3) is 0.576. The Morgan fingerprint density at radius 3 is 2.25 bits per heavy atom. The van der Waals surface area contributed by atoms with Crippen LogP contribution in [0.5, 0.6) is 0 Å². The van der Waals surface area contributed by atoms with Gasteiger partial charge in [-0.2, -0.15) is 0 Å². The maximum atomic E-state index is 13.6. The van der Waals surface area contributed by atoms with Gasteiger partial charge in [-0.25, -0.2) is 0 Å². The van der Waals surface area contributed by atoms with E-state index in [-0.39, 0.29) is 23.7 Å². The summed E-state index contributed by atoms with van der Waals surface area (Å²) >= 11 is 3.50. The van der Waals surface area contributed by atoms with Crippen molar-refractivity contribution in [2.45, 2.75) is 63.8 Å². The van der Waals surface area contributed by atoms with Crippen LogP contribution in [-0.4, -0.2) is 65.8 Å². The molecule has 4 aliphatic rings. The lowest BCUT2D eigenvalue weighted by Gasteiger charge is -2.39. The summed E-state index contributed by atoms with van der Waals surface area (Å²) in [6.07, 6.45) is 8.70. The standard InChI is InChI=1S/C33H42BrN3O2.ClH/c34-29-13-11-25(12-14-29)21-36-20-17-33(32(36)39)15-18-35(19-16-33)22-28-23-37(31(38)27-9-5-2-6-10-27)24-30(28)26-7-3-1-4-8-26;/h1,3-4,7-8,11-14,27-28,30H,2,5-6,9-10,15-24H2;1H. The zero-order chi connectivity index (χ0) is 26.8. The quantitative estimate of drug-likeness (QED) is 0.367. The third-order valence-electron chi connectivity index (χ3n) is 10.1. The third kappa shape index (κ3) is 6.29. The number of rotatable bonds is 6. The SMILES string of the molecule is Cl.O=C(C1CCCCC1)N1CC(CN2CCC3(CC2)CCN(Cc2ccc(Br)cc2)C3=O)C(c2ccccc2)C1. The zero-order valence-corrected chi connectivity index (χ0v) is 25.9. The number of benzene rings is 2. The number of carbonyl (C=O) groups is 2. The minimum Gasteiger partial charge on any atom is -0.341 e. The minimum atomic E-state index is -0.177. The van der Waals surface area contributed by atoms with Crippen LogP contribution >= 0.6 is 28.3 Å². The van der Waals surface area contributed by atoms with Crippen molar-refractivity contribution in [2.24, 2.45) is 17.3 Å². The molecule has 3 saturated heterocycles. The number of carbonyl (C=O) groups excluding carboxylic acids is 2. The van der Waals surface area contributed by atoms with Crippen molar-refractivity contribution in [3.63, 3.8) is 0 Å². The molecule has 1 spiro atoms. The number of amides is 2. The highest BCUT2D eigenvalue weighted by molar-refractivity contribution is 9.10. The van der Waals surface area contributed by atoms with E-state index >= 15 is 0 Å². The largest absolute Gasteiger partial charge is 0.341 e. The van der Waals surface area contributed by atoms with E-state index in [1.165, 1.54) is 30.4 Å². The van der Waals surface area contributed by atoms with Crippen LogP contribution in [0.1, 0.15) is 68.4 Å². The molecule has 216 valence electrons. The van der Waals surface area contributed by atoms with Crippen molar-refractivity contribution < 1.29 is 9.59 Å². The normalized spacial score (nSPS) is 25.4. The molecular formula is C33H43BrClN3O2. The average molecular weight is 629 g/mol. The Morgan fingerprint density at radius 2 is 1.55 bits per heavy atom. The van der Waals surface area contributed by atoms with E-state index < -0.39 is 0 Å². The second-order valence-corrected chi connectivity index (χ2v) is 13.5. The first-order valence-electron chi connectivity index (χ1n) is 15.1. The Kier molecular flexibility index (Phi) is 9.59. The number of hydrogen-bond donors (Lipinski definition) is 0. The van der Waals surface area contributed by atoms with Gasteiger partial charge in [0.15, 0.2) is 0 Å². The Labute approximate surface area is 254 Å². The van der Waals surface area contributed by atoms with Gasteiger partial charge >= 0.3 is 0 Å². The van der Waals surface area contributed by atoms with Gasteiger partial charge in [-0.15, -0.1) is 12.4 Å². The Morgan fingerprint density at radius 1 is 0.875 bits per heavy atom. The molecule has 2 aromatic rings. The molecule has 4 fully saturated rings. The molecule has 3 heterocycles. The second-order valence-electron chi connectivity index (χ2n) is 12.5. The number of halogens is 2. The molecule has 3 aliphatic heterocycles. The first-order chi connectivity index (χ1) is 19.0. The summed E-state index contributed by atoms with van der Waals surface area (Å²) in [5.41, 5.74) is 2.38. The van der Waals surface area contributed by atoms with E-state index in [9.17, 15) is 9.59 Å². The van der Waals surface area contributed by atoms with Gasteiger partial charge in [0, 0.05) is 49.0 Å². The predicted octanol–water partition coefficient (Wildman–Crippen LogP) is 6.51. The summed E-state index contributed by atoms with van der Waals surface area (Å²) in [4.78, 5) is 33.9. The molecule has 2 amide bonds. The van der Waals surface area contributed by atoms with Crippen LogP contribution in [0.2, 0.25) is 0 Å². The third-order valence-corrected chi connectivity index (χ3v) is 10.7. The lowest BCUT2D eigenvalue weighted by Crippen LogP contribution is -2.46. The van der Waals surface area contributed by atoms with E-state index in [4.69, 9.17) is 0 Å². The predicted molar refractivity (Wildman–Crippen MR) is 165 cm³/mol. The van der Waals surface area contributed by atoms with Crippen molar-refractivity contribution in [3.05, 3.63) is 70.2 Å². The lowest BCUT2D eigenvalue weighted by molar-refractivity contribution is -0.139. The molecule has 6 rings (SSSR count). The van der Waals surface area contributed by atoms with Crippen LogP contribution in [0, 0.1) is 17.3 Å². The molecule has 7 heteroatoms. The van der Waals surface area contributed by atoms with Gasteiger partial charge in [-0.1, -0.05) is 77.7 Å². The maximum Gasteiger partial charge on any atom is 0.229 e. The summed E-state index contributed by atoms with van der Waals surface area (Å²) in [6.45, 7) is 6.27. The van der Waals surface area contributed by atoms with Crippen molar-refractivity contribution in [3.8, 4) is 0 Å². The van der Waals surface area contributed by atoms with Crippen LogP contribution in [0.3, 0.4) is 0 Å². The number of hydrogen-bond acceptors (Lipinski definition) is 3. The highest BCUT2D eigenvalue weighted by Gasteiger charge is 2.48. The van der Waals surface area contributed by atoms with Crippen molar-refractivity contribution in [2.75, 3.05) is 39.3 Å². The molecule has 5 nitrogen and oxygen atoms in total. The maximum absolute atomic E-state index is 13.6. The zero-order valence-electron chi connectivity index (χ0n) is 23.5. The summed E-state index contributed by atoms with van der Waals surface area (Å²) in [5, 5.41) is 0. The Balaban J connectivity index is 0.00000323. The molecule has 40 heavy (non-hydrogen) atoms. The van der Waals surface area contributed by atoms with Crippen LogP contribution in [-0.2, 0) is 16.1 Å². The fourth-order valence-corrected chi connectivity index (χ4v) is 8.00. The van der Waals surface area contributed by atoms with Crippen LogP contribution in [0.25, 0.3) is 0 Å². The van der Waals surface area contributed by atoms with Crippen LogP contribution in [0.15, 0.2) is 59.1 Å². The fourth-order valence-electron chi connectivity index (χ4n) is 7.73. The van der Waals surface area contributed by atoms with Crippen molar-refractivity contribution in [1.82, 2.24) is 14.7 Å². The molecule has 0 aromatic heterocycles. The summed E-state index contributed by atoms with van der Waals surface area (Å²) in [5.74, 6) is 1.83. The first-order valence-corrected chi connectivity index (χ1v) is 15.9. The van der Waals surface area contributed by atoms with E-state index in [1.54, 1.807) is 0 Å². The van der Waals surface area contributed by atoms with Crippen LogP contribution in [0.4, 0.5) is 0 Å². The summed E-state index contributed by atoms with van der Waals surface area (Å²) in [7, 11) is 0. The van der Waals surface area contributed by atoms with E-state index in [0.29, 0.717) is 30.2 Å². The van der Waals surface area contributed by atoms with E-state index in [0.717, 1.165) is 75.8 Å². The minimum absolute atomic E-state index is 0. The molecule has 0 N–H and O–H groups in total. The van der Waals surface area contributed by atoms with Crippen molar-refractivity contribution >= 4 is 40.2 Å². The highest BCUT2D eigenvalue weighted by atomic mass is 79.9. The van der Waals surface area contributed by atoms with E-state index in [2.05, 4.69) is 85.2 Å². The lowest BCUT2D eigenvalue weighted by atomic mass is 9.76. The number of piperidine rings is 1. The van der Waals surface area contributed by atoms with Gasteiger partial charge in [0.1, 0.15) is 0 Å². The van der Waals surface area contributed by atoms with Gasteiger partial charge in [0.05, 0.1) is 5.41 Å². The molecule has 0 radical (unpaired) electrons. The van der Waals surface area contributed by atoms with Gasteiger partial charge in [-0.3, -0.25) is 9.59 Å². The average Bonchev–Trinajstić information content (AvgIpc) is 3.53. The Bertz CT molecular complexity index is 1150. The molecule has 1 aliphatic carbocycles. The summed E-state index contributed by atoms with van der Waals surface area (Å²) in [6, 6.07) is 19.2.